The highest BCUT2D eigenvalue weighted by atomic mass is 32.2. The molecule has 1 aromatic carbocycles. The van der Waals surface area contributed by atoms with E-state index in [2.05, 4.69) is 9.46 Å². The van der Waals surface area contributed by atoms with Crippen LogP contribution in [0.5, 0.6) is 5.75 Å². The summed E-state index contributed by atoms with van der Waals surface area (Å²) in [6.07, 6.45) is 0. The van der Waals surface area contributed by atoms with Crippen LogP contribution in [-0.4, -0.2) is 29.0 Å². The van der Waals surface area contributed by atoms with Gasteiger partial charge in [0.05, 0.1) is 14.2 Å². The molecular weight excluding hydrogens is 234 g/mol. The molecule has 0 aliphatic heterocycles. The number of esters is 1. The van der Waals surface area contributed by atoms with E-state index in [1.165, 1.54) is 32.4 Å². The minimum atomic E-state index is -2.44. The Labute approximate surface area is 95.0 Å². The van der Waals surface area contributed by atoms with E-state index in [1.54, 1.807) is 0 Å². The molecule has 0 saturated heterocycles. The maximum Gasteiger partial charge on any atom is 0.341 e. The van der Waals surface area contributed by atoms with Gasteiger partial charge in [-0.05, 0) is 18.2 Å². The van der Waals surface area contributed by atoms with Crippen LogP contribution in [0.15, 0.2) is 18.2 Å². The lowest BCUT2D eigenvalue weighted by atomic mass is 10.2. The van der Waals surface area contributed by atoms with Gasteiger partial charge in [-0.25, -0.2) is 4.79 Å². The summed E-state index contributed by atoms with van der Waals surface area (Å²) in [4.78, 5) is 11.3. The summed E-state index contributed by atoms with van der Waals surface area (Å²) in [5, 5.41) is 0. The Morgan fingerprint density at radius 2 is 2.12 bits per heavy atom. The molecule has 7 heteroatoms. The Morgan fingerprint density at radius 1 is 1.44 bits per heavy atom. The Balaban J connectivity index is 3.10. The Hall–Kier alpha value is -1.60. The fourth-order valence-corrected chi connectivity index (χ4v) is 1.46. The van der Waals surface area contributed by atoms with E-state index >= 15 is 0 Å². The van der Waals surface area contributed by atoms with Crippen LogP contribution in [0.1, 0.15) is 10.4 Å². The Morgan fingerprint density at radius 3 is 2.62 bits per heavy atom. The highest BCUT2D eigenvalue weighted by molar-refractivity contribution is 7.80. The van der Waals surface area contributed by atoms with Crippen molar-refractivity contribution in [2.45, 2.75) is 0 Å². The normalized spacial score (nSPS) is 11.7. The molecule has 16 heavy (non-hydrogen) atoms. The fourth-order valence-electron chi connectivity index (χ4n) is 1.14. The fraction of sp³-hybridized carbons (Fsp3) is 0.222. The molecule has 6 nitrogen and oxygen atoms in total. The molecule has 0 fully saturated rings. The van der Waals surface area contributed by atoms with E-state index in [-0.39, 0.29) is 11.3 Å². The van der Waals surface area contributed by atoms with Crippen molar-refractivity contribution >= 4 is 22.9 Å². The quantitative estimate of drug-likeness (QED) is 0.621. The summed E-state index contributed by atoms with van der Waals surface area (Å²) in [5.74, 6) is -0.286. The summed E-state index contributed by atoms with van der Waals surface area (Å²) in [5.41, 5.74) is 0.412. The molecule has 0 aromatic heterocycles. The molecule has 0 spiro atoms. The van der Waals surface area contributed by atoms with Crippen LogP contribution in [-0.2, 0) is 16.0 Å². The second-order valence-electron chi connectivity index (χ2n) is 2.74. The molecular formula is C9H10NO5S-. The van der Waals surface area contributed by atoms with Crippen LogP contribution in [0.4, 0.5) is 5.69 Å². The van der Waals surface area contributed by atoms with Crippen molar-refractivity contribution in [1.29, 1.82) is 0 Å². The van der Waals surface area contributed by atoms with Gasteiger partial charge < -0.3 is 18.7 Å². The molecule has 0 aliphatic carbocycles. The molecule has 88 valence electrons. The number of carbonyl (C=O) groups excluding carboxylic acids is 1. The maximum absolute atomic E-state index is 11.3. The average molecular weight is 244 g/mol. The lowest BCUT2D eigenvalue weighted by Gasteiger charge is -2.11. The first kappa shape index (κ1) is 12.5. The van der Waals surface area contributed by atoms with E-state index in [0.29, 0.717) is 5.75 Å². The standard InChI is InChI=1S/C9H11NO5S/c1-14-8-4-3-6(10-16(12)13)5-7(8)9(11)15-2/h3-5,10H,1-2H3,(H,12,13)/p-1. The van der Waals surface area contributed by atoms with Crippen molar-refractivity contribution in [2.24, 2.45) is 0 Å². The van der Waals surface area contributed by atoms with Gasteiger partial charge in [-0.1, -0.05) is 0 Å². The number of anilines is 1. The predicted molar refractivity (Wildman–Crippen MR) is 56.9 cm³/mol. The summed E-state index contributed by atoms with van der Waals surface area (Å²) in [6, 6.07) is 4.28. The lowest BCUT2D eigenvalue weighted by molar-refractivity contribution is 0.0597. The van der Waals surface area contributed by atoms with Gasteiger partial charge in [0.1, 0.15) is 11.3 Å². The molecule has 1 unspecified atom stereocenters. The average Bonchev–Trinajstić information content (AvgIpc) is 2.27. The Kier molecular flexibility index (Phi) is 4.27. The van der Waals surface area contributed by atoms with Crippen molar-refractivity contribution in [2.75, 3.05) is 18.9 Å². The molecule has 0 bridgehead atoms. The van der Waals surface area contributed by atoms with Crippen molar-refractivity contribution in [1.82, 2.24) is 0 Å². The first-order chi connectivity index (χ1) is 7.58. The number of hydrogen-bond acceptors (Lipinski definition) is 5. The molecule has 1 N–H and O–H groups in total. The van der Waals surface area contributed by atoms with Gasteiger partial charge in [0.15, 0.2) is 0 Å². The molecule has 1 rings (SSSR count). The first-order valence-corrected chi connectivity index (χ1v) is 5.28. The van der Waals surface area contributed by atoms with Crippen molar-refractivity contribution in [3.05, 3.63) is 23.8 Å². The second kappa shape index (κ2) is 5.47. The number of ether oxygens (including phenoxy) is 2. The highest BCUT2D eigenvalue weighted by Gasteiger charge is 2.13. The monoisotopic (exact) mass is 244 g/mol. The van der Waals surface area contributed by atoms with Crippen molar-refractivity contribution in [3.63, 3.8) is 0 Å². The predicted octanol–water partition coefficient (Wildman–Crippen LogP) is 0.688. The second-order valence-corrected chi connectivity index (χ2v) is 3.42. The van der Waals surface area contributed by atoms with Gasteiger partial charge in [-0.15, -0.1) is 0 Å². The van der Waals surface area contributed by atoms with E-state index < -0.39 is 17.2 Å². The number of nitrogens with one attached hydrogen (secondary N) is 1. The smallest absolute Gasteiger partial charge is 0.341 e. The van der Waals surface area contributed by atoms with E-state index in [9.17, 15) is 13.6 Å². The SMILES string of the molecule is COC(=O)c1cc(NS(=O)[O-])ccc1OC. The van der Waals surface area contributed by atoms with Crippen LogP contribution in [0.25, 0.3) is 0 Å². The van der Waals surface area contributed by atoms with Crippen LogP contribution in [0.2, 0.25) is 0 Å². The largest absolute Gasteiger partial charge is 0.755 e. The number of benzene rings is 1. The van der Waals surface area contributed by atoms with Gasteiger partial charge in [0.2, 0.25) is 0 Å². The minimum absolute atomic E-state index is 0.153. The highest BCUT2D eigenvalue weighted by Crippen LogP contribution is 2.23. The zero-order valence-corrected chi connectivity index (χ0v) is 9.50. The van der Waals surface area contributed by atoms with Gasteiger partial charge in [0.25, 0.3) is 0 Å². The van der Waals surface area contributed by atoms with E-state index in [0.717, 1.165) is 0 Å². The first-order valence-electron chi connectivity index (χ1n) is 4.20. The van der Waals surface area contributed by atoms with Crippen LogP contribution in [0, 0.1) is 0 Å². The van der Waals surface area contributed by atoms with Crippen molar-refractivity contribution < 1.29 is 23.0 Å². The molecule has 0 saturated carbocycles. The third-order valence-corrected chi connectivity index (χ3v) is 2.21. The molecule has 0 aliphatic rings. The van der Waals surface area contributed by atoms with Crippen LogP contribution >= 0.6 is 0 Å². The van der Waals surface area contributed by atoms with Crippen LogP contribution in [0.3, 0.4) is 0 Å². The molecule has 1 aromatic rings. The summed E-state index contributed by atoms with van der Waals surface area (Å²) >= 11 is -2.44. The molecule has 1 atom stereocenters. The zero-order valence-electron chi connectivity index (χ0n) is 8.68. The van der Waals surface area contributed by atoms with Gasteiger partial charge in [-0.2, -0.15) is 0 Å². The minimum Gasteiger partial charge on any atom is -0.755 e. The third-order valence-electron chi connectivity index (χ3n) is 1.81. The van der Waals surface area contributed by atoms with Crippen molar-refractivity contribution in [3.8, 4) is 5.75 Å². The molecule has 0 radical (unpaired) electrons. The topological polar surface area (TPSA) is 87.7 Å². The number of carbonyl (C=O) groups is 1. The van der Waals surface area contributed by atoms with E-state index in [1.807, 2.05) is 0 Å². The number of hydrogen-bond donors (Lipinski definition) is 1. The summed E-state index contributed by atoms with van der Waals surface area (Å²) in [6.45, 7) is 0. The maximum atomic E-state index is 11.3. The number of methoxy groups -OCH3 is 2. The third kappa shape index (κ3) is 2.94. The summed E-state index contributed by atoms with van der Waals surface area (Å²) < 4.78 is 32.4. The van der Waals surface area contributed by atoms with Crippen LogP contribution < -0.4 is 9.46 Å². The molecule has 0 heterocycles. The van der Waals surface area contributed by atoms with Gasteiger partial charge in [-0.3, -0.25) is 4.21 Å². The zero-order chi connectivity index (χ0) is 12.1. The van der Waals surface area contributed by atoms with E-state index in [4.69, 9.17) is 4.74 Å². The van der Waals surface area contributed by atoms with Gasteiger partial charge in [0, 0.05) is 17.0 Å². The molecule has 0 amide bonds. The van der Waals surface area contributed by atoms with Gasteiger partial charge >= 0.3 is 5.97 Å². The Bertz CT molecular complexity index is 420. The number of rotatable bonds is 4. The lowest BCUT2D eigenvalue weighted by Crippen LogP contribution is -2.07. The summed E-state index contributed by atoms with van der Waals surface area (Å²) in [7, 11) is 2.63.